The molecule has 1 N–H and O–H groups in total. The smallest absolute Gasteiger partial charge is 0.202 e. The lowest BCUT2D eigenvalue weighted by Crippen LogP contribution is -2.06. The van der Waals surface area contributed by atoms with E-state index in [-0.39, 0.29) is 6.10 Å². The molecule has 15 heavy (non-hydrogen) atoms. The van der Waals surface area contributed by atoms with E-state index < -0.39 is 0 Å². The fourth-order valence-corrected chi connectivity index (χ4v) is 2.02. The Morgan fingerprint density at radius 2 is 2.20 bits per heavy atom. The molecule has 0 aliphatic rings. The molecule has 0 saturated carbocycles. The lowest BCUT2D eigenvalue weighted by Gasteiger charge is -2.11. The van der Waals surface area contributed by atoms with Crippen LogP contribution in [0.3, 0.4) is 0 Å². The van der Waals surface area contributed by atoms with Crippen molar-refractivity contribution in [2.75, 3.05) is 18.5 Å². The highest BCUT2D eigenvalue weighted by Crippen LogP contribution is 2.23. The zero-order valence-electron chi connectivity index (χ0n) is 9.62. The third-order valence-corrected chi connectivity index (χ3v) is 2.66. The van der Waals surface area contributed by atoms with Crippen LogP contribution in [0, 0.1) is 0 Å². The summed E-state index contributed by atoms with van der Waals surface area (Å²) in [6, 6.07) is 0. The molecule has 1 aromatic heterocycles. The minimum atomic E-state index is 0.0589. The number of anilines is 1. The highest BCUT2D eigenvalue weighted by atomic mass is 32.1. The van der Waals surface area contributed by atoms with E-state index in [0.29, 0.717) is 6.61 Å². The maximum absolute atomic E-state index is 5.61. The van der Waals surface area contributed by atoms with Gasteiger partial charge in [0, 0.05) is 24.7 Å². The van der Waals surface area contributed by atoms with Crippen LogP contribution in [0.15, 0.2) is 0 Å². The molecule has 0 aliphatic carbocycles. The van der Waals surface area contributed by atoms with Crippen molar-refractivity contribution in [2.45, 2.75) is 39.7 Å². The van der Waals surface area contributed by atoms with Gasteiger partial charge in [0.15, 0.2) is 5.82 Å². The van der Waals surface area contributed by atoms with Crippen LogP contribution in [0.5, 0.6) is 0 Å². The fraction of sp³-hybridized carbons (Fsp3) is 0.800. The Morgan fingerprint density at radius 1 is 1.40 bits per heavy atom. The van der Waals surface area contributed by atoms with Gasteiger partial charge in [0.05, 0.1) is 0 Å². The standard InChI is InChI=1S/C10H19N3OS/c1-4-7-8(14-6-3)9-12-10(11-5-2)15-13-9/h8H,4-7H2,1-3H3,(H,11,12,13). The van der Waals surface area contributed by atoms with Crippen molar-refractivity contribution in [1.29, 1.82) is 0 Å². The first-order chi connectivity index (χ1) is 7.31. The van der Waals surface area contributed by atoms with Crippen LogP contribution in [0.2, 0.25) is 0 Å². The zero-order valence-corrected chi connectivity index (χ0v) is 10.4. The highest BCUT2D eigenvalue weighted by Gasteiger charge is 2.15. The molecule has 0 radical (unpaired) electrons. The summed E-state index contributed by atoms with van der Waals surface area (Å²) in [5.41, 5.74) is 0. The van der Waals surface area contributed by atoms with Crippen LogP contribution in [0.1, 0.15) is 45.5 Å². The first-order valence-corrected chi connectivity index (χ1v) is 6.28. The molecular formula is C10H19N3OS. The quantitative estimate of drug-likeness (QED) is 0.781. The molecule has 1 atom stereocenters. The maximum atomic E-state index is 5.61. The predicted octanol–water partition coefficient (Wildman–Crippen LogP) is 2.85. The lowest BCUT2D eigenvalue weighted by molar-refractivity contribution is 0.0503. The van der Waals surface area contributed by atoms with Crippen LogP contribution in [-0.4, -0.2) is 22.5 Å². The maximum Gasteiger partial charge on any atom is 0.202 e. The SMILES string of the molecule is CCCC(OCC)c1nsc(NCC)n1. The molecule has 1 rings (SSSR count). The summed E-state index contributed by atoms with van der Waals surface area (Å²) in [6.07, 6.45) is 2.12. The fourth-order valence-electron chi connectivity index (χ4n) is 1.34. The Kier molecular flexibility index (Phi) is 5.57. The molecular weight excluding hydrogens is 210 g/mol. The van der Waals surface area contributed by atoms with E-state index in [2.05, 4.69) is 21.6 Å². The van der Waals surface area contributed by atoms with Gasteiger partial charge in [-0.05, 0) is 20.3 Å². The average Bonchev–Trinajstić information content (AvgIpc) is 2.67. The molecule has 0 aromatic carbocycles. The second-order valence-electron chi connectivity index (χ2n) is 3.22. The molecule has 4 nitrogen and oxygen atoms in total. The summed E-state index contributed by atoms with van der Waals surface area (Å²) >= 11 is 1.40. The number of hydrogen-bond acceptors (Lipinski definition) is 5. The van der Waals surface area contributed by atoms with Gasteiger partial charge in [-0.15, -0.1) is 0 Å². The minimum absolute atomic E-state index is 0.0589. The number of ether oxygens (including phenoxy) is 1. The van der Waals surface area contributed by atoms with Gasteiger partial charge in [-0.3, -0.25) is 0 Å². The summed E-state index contributed by atoms with van der Waals surface area (Å²) in [7, 11) is 0. The summed E-state index contributed by atoms with van der Waals surface area (Å²) in [5.74, 6) is 0.819. The molecule has 0 saturated heterocycles. The second kappa shape index (κ2) is 6.74. The monoisotopic (exact) mass is 229 g/mol. The number of hydrogen-bond donors (Lipinski definition) is 1. The predicted molar refractivity (Wildman–Crippen MR) is 63.3 cm³/mol. The lowest BCUT2D eigenvalue weighted by atomic mass is 10.2. The normalized spacial score (nSPS) is 12.7. The molecule has 0 spiro atoms. The van der Waals surface area contributed by atoms with E-state index >= 15 is 0 Å². The molecule has 1 heterocycles. The Balaban J connectivity index is 2.63. The first-order valence-electron chi connectivity index (χ1n) is 5.50. The molecule has 1 unspecified atom stereocenters. The summed E-state index contributed by atoms with van der Waals surface area (Å²) in [5, 5.41) is 4.04. The van der Waals surface area contributed by atoms with E-state index in [1.54, 1.807) is 0 Å². The van der Waals surface area contributed by atoms with Crippen molar-refractivity contribution < 1.29 is 4.74 Å². The summed E-state index contributed by atoms with van der Waals surface area (Å²) in [6.45, 7) is 7.78. The number of nitrogens with one attached hydrogen (secondary N) is 1. The van der Waals surface area contributed by atoms with Gasteiger partial charge in [-0.25, -0.2) is 4.98 Å². The molecule has 0 bridgehead atoms. The van der Waals surface area contributed by atoms with Crippen molar-refractivity contribution in [1.82, 2.24) is 9.36 Å². The summed E-state index contributed by atoms with van der Waals surface area (Å²) < 4.78 is 9.93. The number of nitrogens with zero attached hydrogens (tertiary/aromatic N) is 2. The van der Waals surface area contributed by atoms with Gasteiger partial charge in [0.2, 0.25) is 5.13 Å². The Morgan fingerprint density at radius 3 is 2.80 bits per heavy atom. The van der Waals surface area contributed by atoms with Gasteiger partial charge in [0.1, 0.15) is 6.10 Å². The molecule has 0 amide bonds. The van der Waals surface area contributed by atoms with E-state index in [9.17, 15) is 0 Å². The molecule has 0 fully saturated rings. The van der Waals surface area contributed by atoms with Crippen LogP contribution in [0.4, 0.5) is 5.13 Å². The van der Waals surface area contributed by atoms with Crippen LogP contribution in [0.25, 0.3) is 0 Å². The molecule has 1 aromatic rings. The number of aromatic nitrogens is 2. The third-order valence-electron chi connectivity index (χ3n) is 1.98. The van der Waals surface area contributed by atoms with Gasteiger partial charge in [0.25, 0.3) is 0 Å². The van der Waals surface area contributed by atoms with Crippen molar-refractivity contribution in [3.8, 4) is 0 Å². The van der Waals surface area contributed by atoms with E-state index in [1.165, 1.54) is 11.5 Å². The molecule has 86 valence electrons. The number of rotatable bonds is 7. The van der Waals surface area contributed by atoms with Gasteiger partial charge < -0.3 is 10.1 Å². The van der Waals surface area contributed by atoms with Crippen molar-refractivity contribution in [2.24, 2.45) is 0 Å². The highest BCUT2D eigenvalue weighted by molar-refractivity contribution is 7.09. The topological polar surface area (TPSA) is 47.0 Å². The van der Waals surface area contributed by atoms with Crippen molar-refractivity contribution >= 4 is 16.7 Å². The molecule has 0 aliphatic heterocycles. The minimum Gasteiger partial charge on any atom is -0.370 e. The van der Waals surface area contributed by atoms with Crippen LogP contribution >= 0.6 is 11.5 Å². The van der Waals surface area contributed by atoms with Crippen molar-refractivity contribution in [3.05, 3.63) is 5.82 Å². The van der Waals surface area contributed by atoms with Gasteiger partial charge in [-0.1, -0.05) is 13.3 Å². The largest absolute Gasteiger partial charge is 0.370 e. The van der Waals surface area contributed by atoms with E-state index in [0.717, 1.165) is 30.3 Å². The molecule has 5 heteroatoms. The van der Waals surface area contributed by atoms with Crippen LogP contribution in [-0.2, 0) is 4.74 Å². The van der Waals surface area contributed by atoms with E-state index in [1.807, 2.05) is 13.8 Å². The van der Waals surface area contributed by atoms with Gasteiger partial charge in [-0.2, -0.15) is 4.37 Å². The third kappa shape index (κ3) is 3.76. The van der Waals surface area contributed by atoms with Gasteiger partial charge >= 0.3 is 0 Å². The average molecular weight is 229 g/mol. The van der Waals surface area contributed by atoms with Crippen LogP contribution < -0.4 is 5.32 Å². The summed E-state index contributed by atoms with van der Waals surface area (Å²) in [4.78, 5) is 4.41. The van der Waals surface area contributed by atoms with E-state index in [4.69, 9.17) is 4.74 Å². The Hall–Kier alpha value is -0.680. The second-order valence-corrected chi connectivity index (χ2v) is 3.97. The zero-order chi connectivity index (χ0) is 11.1. The first kappa shape index (κ1) is 12.4. The van der Waals surface area contributed by atoms with Crippen molar-refractivity contribution in [3.63, 3.8) is 0 Å². The Bertz CT molecular complexity index is 271. The Labute approximate surface area is 95.2 Å².